The Morgan fingerprint density at radius 3 is 2.35 bits per heavy atom. The maximum absolute atomic E-state index is 12.2. The SMILES string of the molecule is COc1ccc(S(=O)(=O)Nc2ncc(/C=C/C(=O)O)cn2)cc1. The molecule has 0 bridgehead atoms. The third-order valence-corrected chi connectivity index (χ3v) is 4.03. The van der Waals surface area contributed by atoms with Gasteiger partial charge in [0.1, 0.15) is 5.75 Å². The van der Waals surface area contributed by atoms with E-state index in [2.05, 4.69) is 14.7 Å². The molecule has 0 fully saturated rings. The van der Waals surface area contributed by atoms with E-state index in [1.54, 1.807) is 0 Å². The average molecular weight is 335 g/mol. The van der Waals surface area contributed by atoms with Gasteiger partial charge in [0.05, 0.1) is 12.0 Å². The number of anilines is 1. The van der Waals surface area contributed by atoms with Crippen molar-refractivity contribution in [3.05, 3.63) is 48.3 Å². The monoisotopic (exact) mass is 335 g/mol. The molecule has 2 rings (SSSR count). The van der Waals surface area contributed by atoms with E-state index >= 15 is 0 Å². The largest absolute Gasteiger partial charge is 0.497 e. The second-order valence-corrected chi connectivity index (χ2v) is 5.98. The first-order valence-electron chi connectivity index (χ1n) is 6.30. The van der Waals surface area contributed by atoms with Crippen LogP contribution in [0.15, 0.2) is 47.6 Å². The zero-order chi connectivity index (χ0) is 16.9. The van der Waals surface area contributed by atoms with Crippen molar-refractivity contribution in [1.29, 1.82) is 0 Å². The summed E-state index contributed by atoms with van der Waals surface area (Å²) in [5, 5.41) is 8.52. The fourth-order valence-electron chi connectivity index (χ4n) is 1.58. The smallest absolute Gasteiger partial charge is 0.328 e. The van der Waals surface area contributed by atoms with Crippen LogP contribution in [0.3, 0.4) is 0 Å². The molecule has 0 aliphatic rings. The maximum Gasteiger partial charge on any atom is 0.328 e. The topological polar surface area (TPSA) is 118 Å². The van der Waals surface area contributed by atoms with E-state index in [1.165, 1.54) is 49.8 Å². The fraction of sp³-hybridized carbons (Fsp3) is 0.0714. The lowest BCUT2D eigenvalue weighted by atomic mass is 10.3. The highest BCUT2D eigenvalue weighted by Gasteiger charge is 2.15. The highest BCUT2D eigenvalue weighted by atomic mass is 32.2. The van der Waals surface area contributed by atoms with Crippen LogP contribution >= 0.6 is 0 Å². The van der Waals surface area contributed by atoms with Crippen molar-refractivity contribution in [3.8, 4) is 5.75 Å². The normalized spacial score (nSPS) is 11.3. The Labute approximate surface area is 132 Å². The molecule has 0 saturated carbocycles. The summed E-state index contributed by atoms with van der Waals surface area (Å²) in [6, 6.07) is 5.83. The Balaban J connectivity index is 2.15. The molecule has 2 N–H and O–H groups in total. The third kappa shape index (κ3) is 4.51. The quantitative estimate of drug-likeness (QED) is 0.766. The van der Waals surface area contributed by atoms with Crippen LogP contribution in [0.1, 0.15) is 5.56 Å². The zero-order valence-electron chi connectivity index (χ0n) is 12.0. The predicted octanol–water partition coefficient (Wildman–Crippen LogP) is 1.38. The van der Waals surface area contributed by atoms with Crippen molar-refractivity contribution in [2.75, 3.05) is 11.8 Å². The van der Waals surface area contributed by atoms with Gasteiger partial charge in [-0.1, -0.05) is 0 Å². The number of aromatic nitrogens is 2. The number of carboxylic acid groups (broad SMARTS) is 1. The zero-order valence-corrected chi connectivity index (χ0v) is 12.8. The first-order chi connectivity index (χ1) is 10.9. The number of ether oxygens (including phenoxy) is 1. The van der Waals surface area contributed by atoms with Crippen molar-refractivity contribution >= 4 is 28.0 Å². The summed E-state index contributed by atoms with van der Waals surface area (Å²) in [6.45, 7) is 0. The number of methoxy groups -OCH3 is 1. The minimum absolute atomic E-state index is 0.0387. The van der Waals surface area contributed by atoms with Gasteiger partial charge < -0.3 is 9.84 Å². The Bertz CT molecular complexity index is 814. The number of benzene rings is 1. The number of nitrogens with zero attached hydrogens (tertiary/aromatic N) is 2. The molecule has 1 heterocycles. The number of carboxylic acids is 1. The molecule has 0 aliphatic carbocycles. The summed E-state index contributed by atoms with van der Waals surface area (Å²) in [4.78, 5) is 18.1. The summed E-state index contributed by atoms with van der Waals surface area (Å²) in [6.07, 6.45) is 4.83. The minimum atomic E-state index is -3.82. The van der Waals surface area contributed by atoms with Crippen LogP contribution in [-0.2, 0) is 14.8 Å². The average Bonchev–Trinajstić information content (AvgIpc) is 2.54. The Morgan fingerprint density at radius 2 is 1.83 bits per heavy atom. The van der Waals surface area contributed by atoms with Crippen molar-refractivity contribution < 1.29 is 23.1 Å². The van der Waals surface area contributed by atoms with Gasteiger partial charge in [0, 0.05) is 24.0 Å². The van der Waals surface area contributed by atoms with E-state index in [9.17, 15) is 13.2 Å². The number of carbonyl (C=O) groups is 1. The highest BCUT2D eigenvalue weighted by Crippen LogP contribution is 2.17. The maximum atomic E-state index is 12.2. The Morgan fingerprint density at radius 1 is 1.22 bits per heavy atom. The predicted molar refractivity (Wildman–Crippen MR) is 82.5 cm³/mol. The second-order valence-electron chi connectivity index (χ2n) is 4.29. The highest BCUT2D eigenvalue weighted by molar-refractivity contribution is 7.92. The molecule has 23 heavy (non-hydrogen) atoms. The minimum Gasteiger partial charge on any atom is -0.497 e. The summed E-state index contributed by atoms with van der Waals surface area (Å²) in [7, 11) is -2.34. The van der Waals surface area contributed by atoms with Gasteiger partial charge in [-0.3, -0.25) is 0 Å². The molecule has 1 aromatic heterocycles. The first-order valence-corrected chi connectivity index (χ1v) is 7.79. The molecule has 120 valence electrons. The molecule has 8 nitrogen and oxygen atoms in total. The van der Waals surface area contributed by atoms with E-state index in [0.717, 1.165) is 6.08 Å². The van der Waals surface area contributed by atoms with Gasteiger partial charge in [0.2, 0.25) is 5.95 Å². The lowest BCUT2D eigenvalue weighted by molar-refractivity contribution is -0.131. The van der Waals surface area contributed by atoms with Gasteiger partial charge in [0.15, 0.2) is 0 Å². The molecule has 0 unspecified atom stereocenters. The van der Waals surface area contributed by atoms with Crippen LogP contribution < -0.4 is 9.46 Å². The fourth-order valence-corrected chi connectivity index (χ4v) is 2.54. The lowest BCUT2D eigenvalue weighted by Crippen LogP contribution is -2.14. The molecule has 0 amide bonds. The molecular formula is C14H13N3O5S. The number of nitrogens with one attached hydrogen (secondary N) is 1. The van der Waals surface area contributed by atoms with Crippen molar-refractivity contribution in [2.24, 2.45) is 0 Å². The Kier molecular flexibility index (Phi) is 4.91. The van der Waals surface area contributed by atoms with Crippen LogP contribution in [0.4, 0.5) is 5.95 Å². The van der Waals surface area contributed by atoms with Crippen molar-refractivity contribution in [1.82, 2.24) is 9.97 Å². The van der Waals surface area contributed by atoms with Crippen LogP contribution in [0.2, 0.25) is 0 Å². The number of rotatable bonds is 6. The Hall–Kier alpha value is -2.94. The van der Waals surface area contributed by atoms with Gasteiger partial charge >= 0.3 is 5.97 Å². The molecule has 0 aliphatic heterocycles. The molecule has 0 saturated heterocycles. The molecule has 9 heteroatoms. The second kappa shape index (κ2) is 6.88. The summed E-state index contributed by atoms with van der Waals surface area (Å²) < 4.78 is 31.6. The molecule has 1 aromatic carbocycles. The molecule has 0 spiro atoms. The number of sulfonamides is 1. The van der Waals surface area contributed by atoms with Gasteiger partial charge in [-0.05, 0) is 30.3 Å². The molecular weight excluding hydrogens is 322 g/mol. The lowest BCUT2D eigenvalue weighted by Gasteiger charge is -2.07. The van der Waals surface area contributed by atoms with E-state index < -0.39 is 16.0 Å². The van der Waals surface area contributed by atoms with Gasteiger partial charge in [-0.25, -0.2) is 27.9 Å². The van der Waals surface area contributed by atoms with Crippen LogP contribution in [-0.4, -0.2) is 36.6 Å². The van der Waals surface area contributed by atoms with E-state index in [-0.39, 0.29) is 10.8 Å². The molecule has 0 radical (unpaired) electrons. The van der Waals surface area contributed by atoms with Crippen LogP contribution in [0, 0.1) is 0 Å². The van der Waals surface area contributed by atoms with Crippen molar-refractivity contribution in [2.45, 2.75) is 4.90 Å². The first kappa shape index (κ1) is 16.4. The van der Waals surface area contributed by atoms with E-state index in [1.807, 2.05) is 0 Å². The van der Waals surface area contributed by atoms with Gasteiger partial charge in [-0.2, -0.15) is 0 Å². The number of hydrogen-bond acceptors (Lipinski definition) is 6. The van der Waals surface area contributed by atoms with Crippen molar-refractivity contribution in [3.63, 3.8) is 0 Å². The summed E-state index contributed by atoms with van der Waals surface area (Å²) >= 11 is 0. The van der Waals surface area contributed by atoms with E-state index in [4.69, 9.17) is 9.84 Å². The van der Waals surface area contributed by atoms with Gasteiger partial charge in [0.25, 0.3) is 10.0 Å². The van der Waals surface area contributed by atoms with E-state index in [0.29, 0.717) is 11.3 Å². The summed E-state index contributed by atoms with van der Waals surface area (Å²) in [5.74, 6) is -0.683. The number of aliphatic carboxylic acids is 1. The van der Waals surface area contributed by atoms with Gasteiger partial charge in [-0.15, -0.1) is 0 Å². The van der Waals surface area contributed by atoms with Crippen LogP contribution in [0.25, 0.3) is 6.08 Å². The third-order valence-electron chi connectivity index (χ3n) is 2.69. The standard InChI is InChI=1S/C14H13N3O5S/c1-22-11-3-5-12(6-4-11)23(20,21)17-14-15-8-10(9-16-14)2-7-13(18)19/h2-9H,1H3,(H,18,19)(H,15,16,17)/b7-2+. The number of hydrogen-bond donors (Lipinski definition) is 2. The molecule has 2 aromatic rings. The van der Waals surface area contributed by atoms with Crippen LogP contribution in [0.5, 0.6) is 5.75 Å². The molecule has 0 atom stereocenters. The summed E-state index contributed by atoms with van der Waals surface area (Å²) in [5.41, 5.74) is 0.430.